The third-order valence-electron chi connectivity index (χ3n) is 3.90. The number of hydrogen-bond donors (Lipinski definition) is 0. The number of ether oxygens (including phenoxy) is 2. The first-order valence-corrected chi connectivity index (χ1v) is 7.69. The Morgan fingerprint density at radius 2 is 1.60 bits per heavy atom. The predicted molar refractivity (Wildman–Crippen MR) is 95.8 cm³/mol. The van der Waals surface area contributed by atoms with E-state index in [1.807, 2.05) is 42.5 Å². The van der Waals surface area contributed by atoms with Crippen LogP contribution >= 0.6 is 0 Å². The second kappa shape index (κ2) is 7.05. The lowest BCUT2D eigenvalue weighted by molar-refractivity contribution is -0.139. The number of carbonyl (C=O) groups excluding carboxylic acids is 2. The number of fused-ring (bicyclic) bond motifs is 1. The molecule has 1 aliphatic heterocycles. The minimum absolute atomic E-state index is 0.106. The number of esters is 2. The van der Waals surface area contributed by atoms with E-state index in [0.29, 0.717) is 0 Å². The molecule has 1 heterocycles. The van der Waals surface area contributed by atoms with Crippen LogP contribution in [0.5, 0.6) is 0 Å². The smallest absolute Gasteiger partial charge is 0.355 e. The Kier molecular flexibility index (Phi) is 4.66. The second-order valence-corrected chi connectivity index (χ2v) is 5.35. The summed E-state index contributed by atoms with van der Waals surface area (Å²) in [7, 11) is 2.55. The van der Waals surface area contributed by atoms with Crippen LogP contribution in [-0.2, 0) is 19.1 Å². The number of nitrogens with zero attached hydrogens (tertiary/aromatic N) is 1. The number of hydrogen-bond acceptors (Lipinski definition) is 5. The van der Waals surface area contributed by atoms with Crippen LogP contribution in [0.1, 0.15) is 0 Å². The Balaban J connectivity index is 2.19. The van der Waals surface area contributed by atoms with E-state index in [-0.39, 0.29) is 11.3 Å². The number of benzene rings is 2. The summed E-state index contributed by atoms with van der Waals surface area (Å²) in [5, 5.41) is 2.11. The number of carbonyl (C=O) groups is 2. The maximum Gasteiger partial charge on any atom is 0.355 e. The van der Waals surface area contributed by atoms with Gasteiger partial charge in [0.2, 0.25) is 0 Å². The van der Waals surface area contributed by atoms with Crippen molar-refractivity contribution in [2.45, 2.75) is 0 Å². The lowest BCUT2D eigenvalue weighted by atomic mass is 10.1. The number of rotatable bonds is 3. The largest absolute Gasteiger partial charge is 0.465 e. The van der Waals surface area contributed by atoms with Gasteiger partial charge in [-0.2, -0.15) is 0 Å². The van der Waals surface area contributed by atoms with E-state index in [2.05, 4.69) is 0 Å². The molecule has 0 unspecified atom stereocenters. The van der Waals surface area contributed by atoms with Gasteiger partial charge in [0.1, 0.15) is 5.70 Å². The van der Waals surface area contributed by atoms with Gasteiger partial charge in [-0.05, 0) is 35.1 Å². The molecule has 0 bridgehead atoms. The first kappa shape index (κ1) is 16.5. The van der Waals surface area contributed by atoms with Gasteiger partial charge < -0.3 is 14.4 Å². The molecular formula is C20H17NO4. The van der Waals surface area contributed by atoms with Crippen molar-refractivity contribution >= 4 is 28.4 Å². The van der Waals surface area contributed by atoms with Gasteiger partial charge in [-0.25, -0.2) is 9.59 Å². The van der Waals surface area contributed by atoms with Crippen molar-refractivity contribution in [3.05, 3.63) is 78.2 Å². The lowest BCUT2D eigenvalue weighted by Gasteiger charge is -2.23. The third-order valence-corrected chi connectivity index (χ3v) is 3.90. The summed E-state index contributed by atoms with van der Waals surface area (Å²) in [4.78, 5) is 26.2. The molecule has 0 N–H and O–H groups in total. The highest BCUT2D eigenvalue weighted by molar-refractivity contribution is 6.05. The van der Waals surface area contributed by atoms with Gasteiger partial charge in [-0.3, -0.25) is 0 Å². The number of allylic oxidation sites excluding steroid dienone is 2. The quantitative estimate of drug-likeness (QED) is 0.805. The van der Waals surface area contributed by atoms with Crippen LogP contribution in [0.25, 0.3) is 10.8 Å². The van der Waals surface area contributed by atoms with E-state index in [0.717, 1.165) is 16.5 Å². The van der Waals surface area contributed by atoms with Crippen molar-refractivity contribution in [2.75, 3.05) is 19.1 Å². The van der Waals surface area contributed by atoms with Gasteiger partial charge in [-0.1, -0.05) is 36.4 Å². The molecule has 0 radical (unpaired) electrons. The Labute approximate surface area is 145 Å². The van der Waals surface area contributed by atoms with Crippen LogP contribution in [-0.4, -0.2) is 26.2 Å². The highest BCUT2D eigenvalue weighted by Crippen LogP contribution is 2.29. The monoisotopic (exact) mass is 335 g/mol. The fourth-order valence-electron chi connectivity index (χ4n) is 2.69. The van der Waals surface area contributed by atoms with E-state index in [9.17, 15) is 9.59 Å². The van der Waals surface area contributed by atoms with Crippen LogP contribution in [0.3, 0.4) is 0 Å². The third kappa shape index (κ3) is 3.17. The maximum atomic E-state index is 12.4. The Morgan fingerprint density at radius 3 is 2.32 bits per heavy atom. The summed E-state index contributed by atoms with van der Waals surface area (Å²) in [6, 6.07) is 13.7. The van der Waals surface area contributed by atoms with Crippen molar-refractivity contribution in [3.8, 4) is 0 Å². The van der Waals surface area contributed by atoms with Gasteiger partial charge in [0.25, 0.3) is 0 Å². The summed E-state index contributed by atoms with van der Waals surface area (Å²) in [5.74, 6) is -1.23. The number of methoxy groups -OCH3 is 2. The summed E-state index contributed by atoms with van der Waals surface area (Å²) in [6.07, 6.45) is 6.67. The molecule has 5 heteroatoms. The molecule has 0 fully saturated rings. The van der Waals surface area contributed by atoms with E-state index >= 15 is 0 Å². The molecule has 2 aromatic rings. The fourth-order valence-corrected chi connectivity index (χ4v) is 2.69. The molecular weight excluding hydrogens is 318 g/mol. The molecule has 0 spiro atoms. The minimum atomic E-state index is -0.621. The molecule has 2 aromatic carbocycles. The van der Waals surface area contributed by atoms with Crippen molar-refractivity contribution in [1.29, 1.82) is 0 Å². The fraction of sp³-hybridized carbons (Fsp3) is 0.100. The van der Waals surface area contributed by atoms with E-state index in [1.165, 1.54) is 20.3 Å². The molecule has 0 amide bonds. The normalized spacial score (nSPS) is 13.8. The Hall–Kier alpha value is -3.34. The van der Waals surface area contributed by atoms with E-state index in [1.54, 1.807) is 23.3 Å². The SMILES string of the molecule is COC(=O)C1=C(C(=O)OC)N(c2ccc3ccccc3c2)C=CC=C1. The molecule has 0 saturated carbocycles. The molecule has 126 valence electrons. The average molecular weight is 335 g/mol. The molecule has 0 atom stereocenters. The highest BCUT2D eigenvalue weighted by Gasteiger charge is 2.27. The predicted octanol–water partition coefficient (Wildman–Crippen LogP) is 3.33. The van der Waals surface area contributed by atoms with Gasteiger partial charge in [0.05, 0.1) is 19.8 Å². The standard InChI is InChI=1S/C20H17NO4/c1-24-19(22)17-9-5-6-12-21(18(17)20(23)25-2)16-11-10-14-7-3-4-8-15(14)13-16/h3-13H,1-2H3. The first-order chi connectivity index (χ1) is 12.2. The summed E-state index contributed by atoms with van der Waals surface area (Å²) < 4.78 is 9.71. The zero-order chi connectivity index (χ0) is 17.8. The molecule has 3 rings (SSSR count). The van der Waals surface area contributed by atoms with E-state index in [4.69, 9.17) is 9.47 Å². The second-order valence-electron chi connectivity index (χ2n) is 5.35. The zero-order valence-electron chi connectivity index (χ0n) is 13.9. The van der Waals surface area contributed by atoms with Crippen LogP contribution < -0.4 is 4.90 Å². The summed E-state index contributed by atoms with van der Waals surface area (Å²) in [5.41, 5.74) is 0.975. The van der Waals surface area contributed by atoms with Crippen LogP contribution in [0.4, 0.5) is 5.69 Å². The maximum absolute atomic E-state index is 12.4. The van der Waals surface area contributed by atoms with Crippen LogP contribution in [0.2, 0.25) is 0 Å². The van der Waals surface area contributed by atoms with Crippen molar-refractivity contribution in [1.82, 2.24) is 0 Å². The van der Waals surface area contributed by atoms with Crippen molar-refractivity contribution in [2.24, 2.45) is 0 Å². The molecule has 1 aliphatic rings. The van der Waals surface area contributed by atoms with Crippen molar-refractivity contribution < 1.29 is 19.1 Å². The van der Waals surface area contributed by atoms with Gasteiger partial charge in [0, 0.05) is 11.9 Å². The topological polar surface area (TPSA) is 55.8 Å². The first-order valence-electron chi connectivity index (χ1n) is 7.69. The molecule has 25 heavy (non-hydrogen) atoms. The summed E-state index contributed by atoms with van der Waals surface area (Å²) in [6.45, 7) is 0. The van der Waals surface area contributed by atoms with E-state index < -0.39 is 11.9 Å². The van der Waals surface area contributed by atoms with Gasteiger partial charge >= 0.3 is 11.9 Å². The molecule has 0 aliphatic carbocycles. The van der Waals surface area contributed by atoms with Gasteiger partial charge in [-0.15, -0.1) is 0 Å². The molecule has 0 aromatic heterocycles. The average Bonchev–Trinajstić information content (AvgIpc) is 2.89. The lowest BCUT2D eigenvalue weighted by Crippen LogP contribution is -2.26. The number of anilines is 1. The van der Waals surface area contributed by atoms with Crippen LogP contribution in [0, 0.1) is 0 Å². The highest BCUT2D eigenvalue weighted by atomic mass is 16.5. The Bertz CT molecular complexity index is 924. The van der Waals surface area contributed by atoms with Gasteiger partial charge in [0.15, 0.2) is 0 Å². The molecule has 0 saturated heterocycles. The Morgan fingerprint density at radius 1 is 0.880 bits per heavy atom. The molecule has 5 nitrogen and oxygen atoms in total. The summed E-state index contributed by atoms with van der Waals surface area (Å²) >= 11 is 0. The van der Waals surface area contributed by atoms with Crippen LogP contribution in [0.15, 0.2) is 78.2 Å². The van der Waals surface area contributed by atoms with Crippen molar-refractivity contribution in [3.63, 3.8) is 0 Å². The zero-order valence-corrected chi connectivity index (χ0v) is 13.9. The minimum Gasteiger partial charge on any atom is -0.465 e.